The molecule has 1 aromatic heterocycles. The Morgan fingerprint density at radius 2 is 2.24 bits per heavy atom. The summed E-state index contributed by atoms with van der Waals surface area (Å²) in [7, 11) is 0. The molecule has 2 aromatic rings. The smallest absolute Gasteiger partial charge is 0.131 e. The van der Waals surface area contributed by atoms with Gasteiger partial charge in [0.1, 0.15) is 17.3 Å². The van der Waals surface area contributed by atoms with Gasteiger partial charge in [0.15, 0.2) is 0 Å². The largest absolute Gasteiger partial charge is 0.487 e. The number of benzene rings is 1. The molecule has 17 heavy (non-hydrogen) atoms. The topological polar surface area (TPSA) is 48.1 Å². The van der Waals surface area contributed by atoms with E-state index in [1.54, 1.807) is 11.3 Å². The maximum atomic E-state index is 5.67. The van der Waals surface area contributed by atoms with Gasteiger partial charge in [0.2, 0.25) is 0 Å². The van der Waals surface area contributed by atoms with Crippen LogP contribution in [0.3, 0.4) is 0 Å². The Kier molecular flexibility index (Phi) is 3.71. The Labute approximate surface area is 109 Å². The minimum atomic E-state index is 0.343. The van der Waals surface area contributed by atoms with Crippen LogP contribution in [0, 0.1) is 6.92 Å². The van der Waals surface area contributed by atoms with Crippen molar-refractivity contribution in [1.82, 2.24) is 4.98 Å². The minimum Gasteiger partial charge on any atom is -0.487 e. The molecule has 0 aliphatic carbocycles. The Balaban J connectivity index is 2.11. The molecule has 0 amide bonds. The molecular weight excluding hydrogens is 252 g/mol. The Morgan fingerprint density at radius 1 is 1.47 bits per heavy atom. The quantitative estimate of drug-likeness (QED) is 0.863. The van der Waals surface area contributed by atoms with E-state index in [1.807, 2.05) is 36.6 Å². The second-order valence-electron chi connectivity index (χ2n) is 3.51. The maximum absolute atomic E-state index is 5.67. The van der Waals surface area contributed by atoms with Gasteiger partial charge < -0.3 is 10.5 Å². The van der Waals surface area contributed by atoms with Gasteiger partial charge in [-0.05, 0) is 19.1 Å². The first kappa shape index (κ1) is 12.0. The highest BCUT2D eigenvalue weighted by atomic mass is 32.1. The molecule has 0 unspecified atom stereocenters. The summed E-state index contributed by atoms with van der Waals surface area (Å²) in [6.45, 7) is 2.40. The van der Waals surface area contributed by atoms with E-state index in [9.17, 15) is 0 Å². The van der Waals surface area contributed by atoms with Crippen molar-refractivity contribution in [3.63, 3.8) is 0 Å². The third kappa shape index (κ3) is 3.01. The lowest BCUT2D eigenvalue weighted by atomic mass is 10.2. The molecule has 1 aromatic carbocycles. The third-order valence-electron chi connectivity index (χ3n) is 2.19. The lowest BCUT2D eigenvalue weighted by molar-refractivity contribution is 0.301. The number of thiazole rings is 1. The van der Waals surface area contributed by atoms with E-state index in [2.05, 4.69) is 4.98 Å². The molecule has 88 valence electrons. The first-order valence-electron chi connectivity index (χ1n) is 5.09. The molecule has 0 saturated carbocycles. The van der Waals surface area contributed by atoms with Crippen LogP contribution in [-0.2, 0) is 6.61 Å². The molecule has 0 bridgehead atoms. The summed E-state index contributed by atoms with van der Waals surface area (Å²) in [6, 6.07) is 7.48. The van der Waals surface area contributed by atoms with Gasteiger partial charge in [-0.2, -0.15) is 0 Å². The van der Waals surface area contributed by atoms with Crippen LogP contribution in [0.5, 0.6) is 5.75 Å². The predicted molar refractivity (Wildman–Crippen MR) is 73.5 cm³/mol. The van der Waals surface area contributed by atoms with Gasteiger partial charge in [-0.3, -0.25) is 0 Å². The van der Waals surface area contributed by atoms with Gasteiger partial charge in [-0.15, -0.1) is 11.3 Å². The SMILES string of the molecule is Cc1nc(COc2ccccc2C(N)=S)cs1. The van der Waals surface area contributed by atoms with E-state index in [0.717, 1.165) is 16.3 Å². The van der Waals surface area contributed by atoms with Gasteiger partial charge in [0.05, 0.1) is 16.3 Å². The van der Waals surface area contributed by atoms with Crippen LogP contribution in [0.4, 0.5) is 0 Å². The van der Waals surface area contributed by atoms with Crippen molar-refractivity contribution in [1.29, 1.82) is 0 Å². The van der Waals surface area contributed by atoms with Crippen LogP contribution in [0.2, 0.25) is 0 Å². The van der Waals surface area contributed by atoms with E-state index in [0.29, 0.717) is 17.3 Å². The average molecular weight is 264 g/mol. The fourth-order valence-corrected chi connectivity index (χ4v) is 2.19. The number of hydrogen-bond acceptors (Lipinski definition) is 4. The van der Waals surface area contributed by atoms with Crippen LogP contribution in [0.1, 0.15) is 16.3 Å². The summed E-state index contributed by atoms with van der Waals surface area (Å²) in [5.74, 6) is 0.700. The molecule has 0 aliphatic heterocycles. The van der Waals surface area contributed by atoms with Crippen molar-refractivity contribution in [2.24, 2.45) is 5.73 Å². The number of thiocarbonyl (C=S) groups is 1. The lowest BCUT2D eigenvalue weighted by Gasteiger charge is -2.08. The molecule has 0 spiro atoms. The number of ether oxygens (including phenoxy) is 1. The summed E-state index contributed by atoms with van der Waals surface area (Å²) in [6.07, 6.45) is 0. The molecule has 0 fully saturated rings. The number of para-hydroxylation sites is 1. The number of nitrogens with two attached hydrogens (primary N) is 1. The van der Waals surface area contributed by atoms with Crippen molar-refractivity contribution in [3.05, 3.63) is 45.9 Å². The van der Waals surface area contributed by atoms with Gasteiger partial charge in [0, 0.05) is 5.38 Å². The van der Waals surface area contributed by atoms with Gasteiger partial charge in [-0.1, -0.05) is 24.4 Å². The van der Waals surface area contributed by atoms with Crippen molar-refractivity contribution in [2.45, 2.75) is 13.5 Å². The second-order valence-corrected chi connectivity index (χ2v) is 5.01. The number of rotatable bonds is 4. The predicted octanol–water partition coefficient (Wildman–Crippen LogP) is 2.66. The summed E-state index contributed by atoms with van der Waals surface area (Å²) in [5, 5.41) is 3.02. The number of aryl methyl sites for hydroxylation is 1. The molecule has 0 aliphatic rings. The molecule has 2 rings (SSSR count). The normalized spacial score (nSPS) is 10.2. The van der Waals surface area contributed by atoms with Crippen LogP contribution in [0.25, 0.3) is 0 Å². The zero-order valence-electron chi connectivity index (χ0n) is 9.34. The first-order valence-corrected chi connectivity index (χ1v) is 6.38. The number of aromatic nitrogens is 1. The number of nitrogens with zero attached hydrogens (tertiary/aromatic N) is 1. The van der Waals surface area contributed by atoms with Crippen molar-refractivity contribution in [2.75, 3.05) is 0 Å². The summed E-state index contributed by atoms with van der Waals surface area (Å²) in [4.78, 5) is 4.67. The Hall–Kier alpha value is -1.46. The van der Waals surface area contributed by atoms with Gasteiger partial charge in [-0.25, -0.2) is 4.98 Å². The zero-order valence-corrected chi connectivity index (χ0v) is 11.0. The van der Waals surface area contributed by atoms with Crippen LogP contribution in [0.15, 0.2) is 29.6 Å². The zero-order chi connectivity index (χ0) is 12.3. The average Bonchev–Trinajstić information content (AvgIpc) is 2.73. The highest BCUT2D eigenvalue weighted by molar-refractivity contribution is 7.80. The monoisotopic (exact) mass is 264 g/mol. The van der Waals surface area contributed by atoms with Gasteiger partial charge >= 0.3 is 0 Å². The molecule has 1 heterocycles. The highest BCUT2D eigenvalue weighted by Crippen LogP contribution is 2.19. The summed E-state index contributed by atoms with van der Waals surface area (Å²) < 4.78 is 5.67. The fraction of sp³-hybridized carbons (Fsp3) is 0.167. The van der Waals surface area contributed by atoms with Crippen molar-refractivity contribution < 1.29 is 4.74 Å². The molecule has 0 saturated heterocycles. The van der Waals surface area contributed by atoms with Crippen LogP contribution in [-0.4, -0.2) is 9.97 Å². The molecule has 5 heteroatoms. The van der Waals surface area contributed by atoms with Crippen LogP contribution < -0.4 is 10.5 Å². The molecule has 0 radical (unpaired) electrons. The third-order valence-corrected chi connectivity index (χ3v) is 3.24. The minimum absolute atomic E-state index is 0.343. The lowest BCUT2D eigenvalue weighted by Crippen LogP contribution is -2.11. The van der Waals surface area contributed by atoms with E-state index in [4.69, 9.17) is 22.7 Å². The van der Waals surface area contributed by atoms with Crippen LogP contribution >= 0.6 is 23.6 Å². The molecule has 0 atom stereocenters. The van der Waals surface area contributed by atoms with E-state index < -0.39 is 0 Å². The maximum Gasteiger partial charge on any atom is 0.131 e. The molecule has 3 nitrogen and oxygen atoms in total. The fourth-order valence-electron chi connectivity index (χ4n) is 1.42. The Bertz CT molecular complexity index is 537. The van der Waals surface area contributed by atoms with Crippen molar-refractivity contribution >= 4 is 28.5 Å². The molecular formula is C12H12N2OS2. The highest BCUT2D eigenvalue weighted by Gasteiger charge is 2.06. The van der Waals surface area contributed by atoms with Crippen molar-refractivity contribution in [3.8, 4) is 5.75 Å². The van der Waals surface area contributed by atoms with Gasteiger partial charge in [0.25, 0.3) is 0 Å². The van der Waals surface area contributed by atoms with E-state index >= 15 is 0 Å². The number of hydrogen-bond donors (Lipinski definition) is 1. The van der Waals surface area contributed by atoms with E-state index in [-0.39, 0.29) is 0 Å². The Morgan fingerprint density at radius 3 is 2.88 bits per heavy atom. The first-order chi connectivity index (χ1) is 8.16. The summed E-state index contributed by atoms with van der Waals surface area (Å²) >= 11 is 6.58. The standard InChI is InChI=1S/C12H12N2OS2/c1-8-14-9(7-17-8)6-15-11-5-3-2-4-10(11)12(13)16/h2-5,7H,6H2,1H3,(H2,13,16). The second kappa shape index (κ2) is 5.25. The summed E-state index contributed by atoms with van der Waals surface area (Å²) in [5.41, 5.74) is 7.31. The molecule has 2 N–H and O–H groups in total. The van der Waals surface area contributed by atoms with E-state index in [1.165, 1.54) is 0 Å².